The minimum Gasteiger partial charge on any atom is -0.258 e. The van der Waals surface area contributed by atoms with Crippen LogP contribution < -0.4 is 0 Å². The van der Waals surface area contributed by atoms with Crippen LogP contribution in [0.5, 0.6) is 0 Å². The molecule has 1 rings (SSSR count). The second-order valence-electron chi connectivity index (χ2n) is 3.63. The minimum atomic E-state index is -0.745. The number of nitriles is 1. The summed E-state index contributed by atoms with van der Waals surface area (Å²) in [7, 11) is 0. The minimum absolute atomic E-state index is 0.0178. The van der Waals surface area contributed by atoms with Crippen molar-refractivity contribution in [1.29, 1.82) is 5.26 Å². The summed E-state index contributed by atoms with van der Waals surface area (Å²) in [5, 5.41) is 19.6. The maximum atomic E-state index is 10.7. The van der Waals surface area contributed by atoms with E-state index in [1.807, 2.05) is 0 Å². The van der Waals surface area contributed by atoms with Crippen molar-refractivity contribution < 1.29 is 4.92 Å². The molecule has 4 nitrogen and oxygen atoms in total. The Balaban J connectivity index is 3.42. The monoisotopic (exact) mass is 268 g/mol. The third kappa shape index (κ3) is 2.16. The number of hydrogen-bond donors (Lipinski definition) is 0. The summed E-state index contributed by atoms with van der Waals surface area (Å²) >= 11 is 3.17. The second kappa shape index (κ2) is 3.99. The Morgan fingerprint density at radius 1 is 1.53 bits per heavy atom. The van der Waals surface area contributed by atoms with Crippen molar-refractivity contribution in [3.05, 3.63) is 38.3 Å². The molecule has 0 heterocycles. The molecular weight excluding hydrogens is 260 g/mol. The molecule has 15 heavy (non-hydrogen) atoms. The molecule has 0 spiro atoms. The van der Waals surface area contributed by atoms with E-state index in [-0.39, 0.29) is 5.69 Å². The van der Waals surface area contributed by atoms with Crippen molar-refractivity contribution in [2.75, 3.05) is 0 Å². The lowest BCUT2D eigenvalue weighted by Crippen LogP contribution is -2.15. The van der Waals surface area contributed by atoms with E-state index in [2.05, 4.69) is 22.0 Å². The molecule has 0 radical (unpaired) electrons. The molecule has 1 aromatic rings. The van der Waals surface area contributed by atoms with Crippen LogP contribution in [0.2, 0.25) is 0 Å². The lowest BCUT2D eigenvalue weighted by molar-refractivity contribution is -0.385. The molecule has 0 bridgehead atoms. The van der Waals surface area contributed by atoms with Gasteiger partial charge in [-0.1, -0.05) is 12.1 Å². The Kier molecular flexibility index (Phi) is 3.10. The van der Waals surface area contributed by atoms with Gasteiger partial charge in [-0.3, -0.25) is 10.1 Å². The summed E-state index contributed by atoms with van der Waals surface area (Å²) in [6.45, 7) is 3.44. The lowest BCUT2D eigenvalue weighted by atomic mass is 9.86. The number of hydrogen-bond acceptors (Lipinski definition) is 3. The van der Waals surface area contributed by atoms with Crippen LogP contribution in [0.15, 0.2) is 22.7 Å². The van der Waals surface area contributed by atoms with Crippen molar-refractivity contribution >= 4 is 21.6 Å². The molecule has 1 aromatic carbocycles. The van der Waals surface area contributed by atoms with Gasteiger partial charge >= 0.3 is 0 Å². The van der Waals surface area contributed by atoms with E-state index in [0.717, 1.165) is 0 Å². The molecule has 78 valence electrons. The van der Waals surface area contributed by atoms with Crippen molar-refractivity contribution in [1.82, 2.24) is 0 Å². The molecule has 0 aromatic heterocycles. The summed E-state index contributed by atoms with van der Waals surface area (Å²) in [4.78, 5) is 10.2. The summed E-state index contributed by atoms with van der Waals surface area (Å²) in [6, 6.07) is 6.81. The molecule has 0 unspecified atom stereocenters. The van der Waals surface area contributed by atoms with Crippen LogP contribution in [0.25, 0.3) is 0 Å². The van der Waals surface area contributed by atoms with Gasteiger partial charge in [0.15, 0.2) is 0 Å². The first-order chi connectivity index (χ1) is 6.90. The quantitative estimate of drug-likeness (QED) is 0.611. The Morgan fingerprint density at radius 3 is 2.60 bits per heavy atom. The summed E-state index contributed by atoms with van der Waals surface area (Å²) in [5.74, 6) is 0. The average molecular weight is 269 g/mol. The third-order valence-corrected chi connectivity index (χ3v) is 2.96. The van der Waals surface area contributed by atoms with Crippen LogP contribution in [0.4, 0.5) is 5.69 Å². The molecule has 0 aliphatic heterocycles. The highest BCUT2D eigenvalue weighted by molar-refractivity contribution is 9.10. The van der Waals surface area contributed by atoms with E-state index in [4.69, 9.17) is 5.26 Å². The van der Waals surface area contributed by atoms with Gasteiger partial charge in [-0.2, -0.15) is 5.26 Å². The molecule has 5 heteroatoms. The molecule has 0 saturated carbocycles. The van der Waals surface area contributed by atoms with E-state index in [1.54, 1.807) is 26.0 Å². The van der Waals surface area contributed by atoms with Gasteiger partial charge in [0.2, 0.25) is 0 Å². The fraction of sp³-hybridized carbons (Fsp3) is 0.300. The van der Waals surface area contributed by atoms with Crippen molar-refractivity contribution in [2.45, 2.75) is 19.3 Å². The number of nitro benzene ring substituents is 1. The first-order valence-electron chi connectivity index (χ1n) is 4.25. The Bertz CT molecular complexity index is 449. The van der Waals surface area contributed by atoms with E-state index < -0.39 is 10.3 Å². The highest BCUT2D eigenvalue weighted by atomic mass is 79.9. The smallest absolute Gasteiger partial charge is 0.258 e. The van der Waals surface area contributed by atoms with Crippen LogP contribution in [0, 0.1) is 21.4 Å². The second-order valence-corrected chi connectivity index (χ2v) is 4.43. The van der Waals surface area contributed by atoms with Crippen molar-refractivity contribution in [2.24, 2.45) is 0 Å². The third-order valence-electron chi connectivity index (χ3n) is 2.13. The number of nitrogens with zero attached hydrogens (tertiary/aromatic N) is 2. The molecule has 0 fully saturated rings. The first kappa shape index (κ1) is 11.7. The van der Waals surface area contributed by atoms with E-state index in [0.29, 0.717) is 10.0 Å². The molecule has 0 atom stereocenters. The zero-order chi connectivity index (χ0) is 11.6. The van der Waals surface area contributed by atoms with Crippen LogP contribution in [-0.4, -0.2) is 4.92 Å². The van der Waals surface area contributed by atoms with E-state index >= 15 is 0 Å². The van der Waals surface area contributed by atoms with Crippen LogP contribution >= 0.6 is 15.9 Å². The fourth-order valence-electron chi connectivity index (χ4n) is 1.20. The Labute approximate surface area is 95.8 Å². The van der Waals surface area contributed by atoms with Gasteiger partial charge in [0, 0.05) is 6.07 Å². The molecule has 0 amide bonds. The Morgan fingerprint density at radius 2 is 2.13 bits per heavy atom. The number of halogens is 1. The maximum Gasteiger partial charge on any atom is 0.283 e. The van der Waals surface area contributed by atoms with Gasteiger partial charge in [0.25, 0.3) is 5.69 Å². The van der Waals surface area contributed by atoms with Gasteiger partial charge in [-0.25, -0.2) is 0 Å². The van der Waals surface area contributed by atoms with Gasteiger partial charge in [0.05, 0.1) is 20.9 Å². The first-order valence-corrected chi connectivity index (χ1v) is 5.04. The highest BCUT2D eigenvalue weighted by Gasteiger charge is 2.26. The molecule has 0 aliphatic carbocycles. The van der Waals surface area contributed by atoms with Crippen LogP contribution in [0.3, 0.4) is 0 Å². The molecular formula is C10H9BrN2O2. The summed E-state index contributed by atoms with van der Waals surface area (Å²) < 4.78 is 0.376. The summed E-state index contributed by atoms with van der Waals surface area (Å²) in [5.41, 5.74) is -0.139. The predicted molar refractivity (Wildman–Crippen MR) is 59.4 cm³/mol. The fourth-order valence-corrected chi connectivity index (χ4v) is 2.11. The number of benzene rings is 1. The van der Waals surface area contributed by atoms with Crippen molar-refractivity contribution in [3.63, 3.8) is 0 Å². The molecule has 0 saturated heterocycles. The highest BCUT2D eigenvalue weighted by Crippen LogP contribution is 2.35. The van der Waals surface area contributed by atoms with Gasteiger partial charge in [-0.05, 0) is 35.3 Å². The topological polar surface area (TPSA) is 66.9 Å². The number of rotatable bonds is 2. The van der Waals surface area contributed by atoms with Crippen molar-refractivity contribution in [3.8, 4) is 6.07 Å². The van der Waals surface area contributed by atoms with Crippen LogP contribution in [-0.2, 0) is 5.41 Å². The van der Waals surface area contributed by atoms with Crippen LogP contribution in [0.1, 0.15) is 19.4 Å². The zero-order valence-corrected chi connectivity index (χ0v) is 9.91. The predicted octanol–water partition coefficient (Wildman–Crippen LogP) is 3.16. The largest absolute Gasteiger partial charge is 0.283 e. The maximum absolute atomic E-state index is 10.7. The van der Waals surface area contributed by atoms with E-state index in [1.165, 1.54) is 6.07 Å². The number of nitro groups is 1. The standard InChI is InChI=1S/C10H9BrN2O2/c1-10(2,6-12)7-4-3-5-8(9(7)11)13(14)15/h3-5H,1-2H3. The zero-order valence-electron chi connectivity index (χ0n) is 8.32. The molecule has 0 N–H and O–H groups in total. The normalized spacial score (nSPS) is 10.8. The Hall–Kier alpha value is -1.41. The average Bonchev–Trinajstić information content (AvgIpc) is 2.17. The van der Waals surface area contributed by atoms with Gasteiger partial charge in [-0.15, -0.1) is 0 Å². The van der Waals surface area contributed by atoms with Gasteiger partial charge in [0.1, 0.15) is 0 Å². The van der Waals surface area contributed by atoms with Gasteiger partial charge < -0.3 is 0 Å². The summed E-state index contributed by atoms with van der Waals surface area (Å²) in [6.07, 6.45) is 0. The molecule has 0 aliphatic rings. The lowest BCUT2D eigenvalue weighted by Gasteiger charge is -2.17. The van der Waals surface area contributed by atoms with E-state index in [9.17, 15) is 10.1 Å². The SMILES string of the molecule is CC(C)(C#N)c1cccc([N+](=O)[O-])c1Br.